The van der Waals surface area contributed by atoms with Crippen molar-refractivity contribution in [2.75, 3.05) is 6.61 Å². The minimum absolute atomic E-state index is 0.235. The van der Waals surface area contributed by atoms with Gasteiger partial charge < -0.3 is 0 Å². The molecule has 0 aliphatic heterocycles. The van der Waals surface area contributed by atoms with E-state index in [1.54, 1.807) is 13.8 Å². The van der Waals surface area contributed by atoms with Crippen LogP contribution in [0, 0.1) is 0 Å². The van der Waals surface area contributed by atoms with Crippen LogP contribution in [0.4, 0.5) is 0 Å². The fraction of sp³-hybridized carbons (Fsp3) is 1.00. The van der Waals surface area contributed by atoms with Crippen LogP contribution in [0.5, 0.6) is 0 Å². The summed E-state index contributed by atoms with van der Waals surface area (Å²) in [4.78, 5) is 0. The molecule has 0 bridgehead atoms. The lowest BCUT2D eigenvalue weighted by Crippen LogP contribution is -2.20. The van der Waals surface area contributed by atoms with E-state index in [4.69, 9.17) is 0 Å². The summed E-state index contributed by atoms with van der Waals surface area (Å²) in [6.45, 7) is 5.66. The molecule has 0 heterocycles. The molecular weight excluding hydrogens is 176 g/mol. The lowest BCUT2D eigenvalue weighted by atomic mass is 10.2. The Balaban J connectivity index is 3.98. The third-order valence-corrected chi connectivity index (χ3v) is 3.52. The van der Waals surface area contributed by atoms with Crippen LogP contribution in [0.2, 0.25) is 0 Å². The molecule has 0 saturated heterocycles. The van der Waals surface area contributed by atoms with Gasteiger partial charge in [0.2, 0.25) is 0 Å². The Labute approximate surface area is 75.2 Å². The van der Waals surface area contributed by atoms with Gasteiger partial charge in [-0.15, -0.1) is 0 Å². The molecule has 0 amide bonds. The number of rotatable bonds is 6. The molecule has 0 radical (unpaired) electrons. The van der Waals surface area contributed by atoms with Crippen LogP contribution in [-0.2, 0) is 14.3 Å². The summed E-state index contributed by atoms with van der Waals surface area (Å²) in [6.07, 6.45) is 2.65. The molecule has 4 heteroatoms. The Morgan fingerprint density at radius 1 is 1.33 bits per heavy atom. The molecule has 0 aliphatic carbocycles. The normalized spacial score (nSPS) is 14.6. The third-order valence-electron chi connectivity index (χ3n) is 1.74. The Bertz CT molecular complexity index is 196. The summed E-state index contributed by atoms with van der Waals surface area (Å²) < 4.78 is 27.1. The van der Waals surface area contributed by atoms with Gasteiger partial charge in [-0.2, -0.15) is 8.42 Å². The predicted octanol–water partition coefficient (Wildman–Crippen LogP) is 1.93. The van der Waals surface area contributed by atoms with Crippen molar-refractivity contribution in [1.82, 2.24) is 0 Å². The Kier molecular flexibility index (Phi) is 5.50. The molecule has 0 aromatic carbocycles. The minimum atomic E-state index is -3.28. The Morgan fingerprint density at radius 3 is 2.33 bits per heavy atom. The van der Waals surface area contributed by atoms with Crippen molar-refractivity contribution in [3.05, 3.63) is 0 Å². The van der Waals surface area contributed by atoms with Crippen LogP contribution >= 0.6 is 0 Å². The van der Waals surface area contributed by atoms with Crippen molar-refractivity contribution in [2.24, 2.45) is 0 Å². The molecule has 0 aromatic rings. The van der Waals surface area contributed by atoms with Crippen molar-refractivity contribution in [1.29, 1.82) is 0 Å². The topological polar surface area (TPSA) is 43.4 Å². The molecule has 0 N–H and O–H groups in total. The van der Waals surface area contributed by atoms with E-state index in [2.05, 4.69) is 4.18 Å². The third kappa shape index (κ3) is 4.07. The zero-order chi connectivity index (χ0) is 9.61. The quantitative estimate of drug-likeness (QED) is 0.607. The van der Waals surface area contributed by atoms with Gasteiger partial charge in [0.15, 0.2) is 0 Å². The molecule has 0 aliphatic rings. The molecule has 3 nitrogen and oxygen atoms in total. The molecule has 0 rings (SSSR count). The lowest BCUT2D eigenvalue weighted by molar-refractivity contribution is 0.330. The van der Waals surface area contributed by atoms with Gasteiger partial charge in [0.25, 0.3) is 10.1 Å². The van der Waals surface area contributed by atoms with Gasteiger partial charge in [-0.25, -0.2) is 0 Å². The van der Waals surface area contributed by atoms with Gasteiger partial charge in [0.05, 0.1) is 11.9 Å². The smallest absolute Gasteiger partial charge is 0.269 e. The van der Waals surface area contributed by atoms with E-state index in [0.717, 1.165) is 12.8 Å². The minimum Gasteiger partial charge on any atom is -0.270 e. The van der Waals surface area contributed by atoms with Gasteiger partial charge in [0.1, 0.15) is 0 Å². The summed E-state index contributed by atoms with van der Waals surface area (Å²) in [5.74, 6) is 0. The van der Waals surface area contributed by atoms with Gasteiger partial charge in [-0.1, -0.05) is 19.8 Å². The molecule has 12 heavy (non-hydrogen) atoms. The highest BCUT2D eigenvalue weighted by Gasteiger charge is 2.19. The van der Waals surface area contributed by atoms with E-state index < -0.39 is 10.1 Å². The maximum Gasteiger partial charge on any atom is 0.269 e. The van der Waals surface area contributed by atoms with E-state index in [1.807, 2.05) is 6.92 Å². The van der Waals surface area contributed by atoms with E-state index in [9.17, 15) is 8.42 Å². The van der Waals surface area contributed by atoms with E-state index in [0.29, 0.717) is 6.42 Å². The average Bonchev–Trinajstić information content (AvgIpc) is 2.00. The van der Waals surface area contributed by atoms with Crippen LogP contribution in [-0.4, -0.2) is 20.3 Å². The molecule has 0 spiro atoms. The number of unbranched alkanes of at least 4 members (excludes halogenated alkanes) is 1. The van der Waals surface area contributed by atoms with Crippen LogP contribution in [0.25, 0.3) is 0 Å². The van der Waals surface area contributed by atoms with Crippen molar-refractivity contribution in [3.63, 3.8) is 0 Å². The lowest BCUT2D eigenvalue weighted by Gasteiger charge is -2.10. The highest BCUT2D eigenvalue weighted by molar-refractivity contribution is 7.87. The fourth-order valence-electron chi connectivity index (χ4n) is 0.916. The summed E-state index contributed by atoms with van der Waals surface area (Å²) in [5, 5.41) is -0.364. The van der Waals surface area contributed by atoms with E-state index in [1.165, 1.54) is 0 Å². The molecule has 0 fully saturated rings. The molecule has 1 unspecified atom stereocenters. The summed E-state index contributed by atoms with van der Waals surface area (Å²) in [6, 6.07) is 0. The zero-order valence-corrected chi connectivity index (χ0v) is 8.86. The van der Waals surface area contributed by atoms with Gasteiger partial charge in [0, 0.05) is 0 Å². The second kappa shape index (κ2) is 5.54. The van der Waals surface area contributed by atoms with Gasteiger partial charge in [-0.05, 0) is 20.3 Å². The first-order valence-corrected chi connectivity index (χ1v) is 5.90. The predicted molar refractivity (Wildman–Crippen MR) is 49.5 cm³/mol. The summed E-state index contributed by atoms with van der Waals surface area (Å²) >= 11 is 0. The Morgan fingerprint density at radius 2 is 1.92 bits per heavy atom. The first-order chi connectivity index (χ1) is 5.54. The fourth-order valence-corrected chi connectivity index (χ4v) is 1.93. The largest absolute Gasteiger partial charge is 0.270 e. The van der Waals surface area contributed by atoms with Crippen LogP contribution in [0.1, 0.15) is 40.0 Å². The van der Waals surface area contributed by atoms with Crippen molar-refractivity contribution >= 4 is 10.1 Å². The highest BCUT2D eigenvalue weighted by Crippen LogP contribution is 2.11. The van der Waals surface area contributed by atoms with Crippen molar-refractivity contribution < 1.29 is 12.6 Å². The monoisotopic (exact) mass is 194 g/mol. The van der Waals surface area contributed by atoms with Crippen molar-refractivity contribution in [3.8, 4) is 0 Å². The van der Waals surface area contributed by atoms with Gasteiger partial charge in [-0.3, -0.25) is 4.18 Å². The number of hydrogen-bond acceptors (Lipinski definition) is 3. The van der Waals surface area contributed by atoms with Crippen LogP contribution < -0.4 is 0 Å². The molecule has 74 valence electrons. The van der Waals surface area contributed by atoms with E-state index in [-0.39, 0.29) is 11.9 Å². The maximum atomic E-state index is 11.2. The average molecular weight is 194 g/mol. The van der Waals surface area contributed by atoms with Crippen LogP contribution in [0.3, 0.4) is 0 Å². The molecule has 1 atom stereocenters. The second-order valence-corrected chi connectivity index (χ2v) is 4.88. The SMILES string of the molecule is CCCCC(C)S(=O)(=O)OCC. The summed E-state index contributed by atoms with van der Waals surface area (Å²) in [5.41, 5.74) is 0. The molecule has 0 saturated carbocycles. The first kappa shape index (κ1) is 11.9. The van der Waals surface area contributed by atoms with Crippen LogP contribution in [0.15, 0.2) is 0 Å². The highest BCUT2D eigenvalue weighted by atomic mass is 32.2. The van der Waals surface area contributed by atoms with E-state index >= 15 is 0 Å². The maximum absolute atomic E-state index is 11.2. The first-order valence-electron chi connectivity index (χ1n) is 4.42. The van der Waals surface area contributed by atoms with Gasteiger partial charge >= 0.3 is 0 Å². The van der Waals surface area contributed by atoms with Crippen molar-refractivity contribution in [2.45, 2.75) is 45.3 Å². The second-order valence-electron chi connectivity index (χ2n) is 2.85. The zero-order valence-electron chi connectivity index (χ0n) is 8.04. The Hall–Kier alpha value is -0.0900. The molecular formula is C8H18O3S. The standard InChI is InChI=1S/C8H18O3S/c1-4-6-7-8(3)12(9,10)11-5-2/h8H,4-7H2,1-3H3. The summed E-state index contributed by atoms with van der Waals surface area (Å²) in [7, 11) is -3.28. The molecule has 0 aromatic heterocycles. The number of hydrogen-bond donors (Lipinski definition) is 0.